The predicted molar refractivity (Wildman–Crippen MR) is 70.6 cm³/mol. The molecule has 0 unspecified atom stereocenters. The van der Waals surface area contributed by atoms with Crippen LogP contribution in [0.1, 0.15) is 11.1 Å². The Bertz CT molecular complexity index is 714. The molecule has 1 N–H and O–H groups in total. The molecule has 0 radical (unpaired) electrons. The van der Waals surface area contributed by atoms with Gasteiger partial charge in [0.25, 0.3) is 0 Å². The van der Waals surface area contributed by atoms with Crippen LogP contribution in [-0.2, 0) is 0 Å². The Labute approximate surface area is 114 Å². The van der Waals surface area contributed by atoms with Crippen LogP contribution in [0.15, 0.2) is 36.4 Å². The molecule has 2 rings (SSSR count). The SMILES string of the molecule is N#Cc1cc(Nc2ccc(C#N)c(Cl)c2)ccc1F. The topological polar surface area (TPSA) is 59.6 Å². The summed E-state index contributed by atoms with van der Waals surface area (Å²) in [5.41, 5.74) is 1.56. The van der Waals surface area contributed by atoms with Crippen molar-refractivity contribution in [3.05, 3.63) is 58.4 Å². The van der Waals surface area contributed by atoms with Gasteiger partial charge in [0.05, 0.1) is 16.1 Å². The summed E-state index contributed by atoms with van der Waals surface area (Å²) in [6, 6.07) is 12.7. The molecule has 0 spiro atoms. The molecule has 0 aliphatic rings. The van der Waals surface area contributed by atoms with Crippen molar-refractivity contribution in [1.29, 1.82) is 10.5 Å². The zero-order valence-electron chi connectivity index (χ0n) is 9.61. The molecule has 0 aliphatic heterocycles. The molecular formula is C14H7ClFN3. The first-order valence-electron chi connectivity index (χ1n) is 5.30. The maximum Gasteiger partial charge on any atom is 0.141 e. The van der Waals surface area contributed by atoms with E-state index in [4.69, 9.17) is 22.1 Å². The lowest BCUT2D eigenvalue weighted by molar-refractivity contribution is 0.624. The van der Waals surface area contributed by atoms with E-state index < -0.39 is 5.82 Å². The fraction of sp³-hybridized carbons (Fsp3) is 0. The lowest BCUT2D eigenvalue weighted by atomic mass is 10.2. The summed E-state index contributed by atoms with van der Waals surface area (Å²) in [7, 11) is 0. The van der Waals surface area contributed by atoms with Crippen LogP contribution in [0, 0.1) is 28.5 Å². The van der Waals surface area contributed by atoms with E-state index >= 15 is 0 Å². The molecule has 2 aromatic carbocycles. The second-order valence-electron chi connectivity index (χ2n) is 3.74. The zero-order chi connectivity index (χ0) is 13.8. The molecule has 0 amide bonds. The van der Waals surface area contributed by atoms with Crippen molar-refractivity contribution in [3.8, 4) is 12.1 Å². The molecule has 0 aromatic heterocycles. The Morgan fingerprint density at radius 2 is 1.58 bits per heavy atom. The molecule has 0 saturated heterocycles. The van der Waals surface area contributed by atoms with Crippen molar-refractivity contribution < 1.29 is 4.39 Å². The third-order valence-electron chi connectivity index (χ3n) is 2.47. The molecule has 19 heavy (non-hydrogen) atoms. The first-order chi connectivity index (χ1) is 9.13. The first-order valence-corrected chi connectivity index (χ1v) is 5.68. The molecule has 92 valence electrons. The fourth-order valence-electron chi connectivity index (χ4n) is 1.54. The molecule has 2 aromatic rings. The number of rotatable bonds is 2. The first kappa shape index (κ1) is 12.9. The van der Waals surface area contributed by atoms with Gasteiger partial charge in [0.15, 0.2) is 0 Å². The lowest BCUT2D eigenvalue weighted by Gasteiger charge is -2.08. The molecule has 0 heterocycles. The van der Waals surface area contributed by atoms with E-state index in [1.807, 2.05) is 6.07 Å². The molecule has 3 nitrogen and oxygen atoms in total. The average Bonchev–Trinajstić information content (AvgIpc) is 2.41. The van der Waals surface area contributed by atoms with E-state index in [0.717, 1.165) is 0 Å². The number of nitrogens with one attached hydrogen (secondary N) is 1. The van der Waals surface area contributed by atoms with E-state index in [-0.39, 0.29) is 5.56 Å². The molecule has 0 aliphatic carbocycles. The van der Waals surface area contributed by atoms with Gasteiger partial charge in [0.1, 0.15) is 18.0 Å². The molecule has 5 heteroatoms. The minimum absolute atomic E-state index is 0.0373. The van der Waals surface area contributed by atoms with Crippen LogP contribution in [0.4, 0.5) is 15.8 Å². The highest BCUT2D eigenvalue weighted by atomic mass is 35.5. The highest BCUT2D eigenvalue weighted by Gasteiger charge is 2.04. The maximum atomic E-state index is 13.2. The van der Waals surface area contributed by atoms with E-state index in [2.05, 4.69) is 5.32 Å². The zero-order valence-corrected chi connectivity index (χ0v) is 10.4. The highest BCUT2D eigenvalue weighted by Crippen LogP contribution is 2.24. The highest BCUT2D eigenvalue weighted by molar-refractivity contribution is 6.32. The van der Waals surface area contributed by atoms with Gasteiger partial charge in [-0.1, -0.05) is 11.6 Å². The van der Waals surface area contributed by atoms with Gasteiger partial charge < -0.3 is 5.32 Å². The summed E-state index contributed by atoms with van der Waals surface area (Å²) in [5.74, 6) is -0.564. The van der Waals surface area contributed by atoms with Crippen molar-refractivity contribution in [2.75, 3.05) is 5.32 Å². The summed E-state index contributed by atoms with van der Waals surface area (Å²) in [5, 5.41) is 20.8. The Morgan fingerprint density at radius 3 is 2.21 bits per heavy atom. The van der Waals surface area contributed by atoms with Crippen LogP contribution >= 0.6 is 11.6 Å². The van der Waals surface area contributed by atoms with Gasteiger partial charge in [-0.25, -0.2) is 4.39 Å². The summed E-state index contributed by atoms with van der Waals surface area (Å²) < 4.78 is 13.2. The fourth-order valence-corrected chi connectivity index (χ4v) is 1.76. The second-order valence-corrected chi connectivity index (χ2v) is 4.15. The van der Waals surface area contributed by atoms with Gasteiger partial charge in [-0.05, 0) is 36.4 Å². The van der Waals surface area contributed by atoms with Crippen LogP contribution in [0.2, 0.25) is 5.02 Å². The number of nitrogens with zero attached hydrogens (tertiary/aromatic N) is 2. The van der Waals surface area contributed by atoms with E-state index in [9.17, 15) is 4.39 Å². The number of anilines is 2. The van der Waals surface area contributed by atoms with Gasteiger partial charge in [-0.3, -0.25) is 0 Å². The van der Waals surface area contributed by atoms with Gasteiger partial charge in [-0.15, -0.1) is 0 Å². The van der Waals surface area contributed by atoms with E-state index in [0.29, 0.717) is 22.0 Å². The third kappa shape index (κ3) is 2.82. The van der Waals surface area contributed by atoms with Crippen LogP contribution in [0.3, 0.4) is 0 Å². The summed E-state index contributed by atoms with van der Waals surface area (Å²) in [4.78, 5) is 0. The molecular weight excluding hydrogens is 265 g/mol. The van der Waals surface area contributed by atoms with Gasteiger partial charge in [-0.2, -0.15) is 10.5 Å². The number of nitriles is 2. The van der Waals surface area contributed by atoms with Crippen molar-refractivity contribution in [2.45, 2.75) is 0 Å². The number of halogens is 2. The Kier molecular flexibility index (Phi) is 3.66. The van der Waals surface area contributed by atoms with Gasteiger partial charge in [0, 0.05) is 11.4 Å². The predicted octanol–water partition coefficient (Wildman–Crippen LogP) is 3.97. The number of hydrogen-bond acceptors (Lipinski definition) is 3. The van der Waals surface area contributed by atoms with Crippen molar-refractivity contribution in [1.82, 2.24) is 0 Å². The quantitative estimate of drug-likeness (QED) is 0.899. The molecule has 0 atom stereocenters. The normalized spacial score (nSPS) is 9.47. The summed E-state index contributed by atoms with van der Waals surface area (Å²) >= 11 is 5.90. The monoisotopic (exact) mass is 271 g/mol. The van der Waals surface area contributed by atoms with Gasteiger partial charge >= 0.3 is 0 Å². The Balaban J connectivity index is 2.30. The van der Waals surface area contributed by atoms with Crippen molar-refractivity contribution in [2.24, 2.45) is 0 Å². The molecule has 0 fully saturated rings. The molecule has 0 saturated carbocycles. The smallest absolute Gasteiger partial charge is 0.141 e. The van der Waals surface area contributed by atoms with Gasteiger partial charge in [0.2, 0.25) is 0 Å². The third-order valence-corrected chi connectivity index (χ3v) is 2.78. The number of benzene rings is 2. The standard InChI is InChI=1S/C14H7ClFN3/c15-13-6-12(2-1-9(13)7-17)19-11-3-4-14(16)10(5-11)8-18/h1-6,19H. The van der Waals surface area contributed by atoms with Crippen molar-refractivity contribution >= 4 is 23.0 Å². The summed E-state index contributed by atoms with van der Waals surface area (Å²) in [6.45, 7) is 0. The number of hydrogen-bond donors (Lipinski definition) is 1. The lowest BCUT2D eigenvalue weighted by Crippen LogP contribution is -1.93. The summed E-state index contributed by atoms with van der Waals surface area (Å²) in [6.07, 6.45) is 0. The molecule has 0 bridgehead atoms. The largest absolute Gasteiger partial charge is 0.355 e. The van der Waals surface area contributed by atoms with Crippen LogP contribution in [0.5, 0.6) is 0 Å². The van der Waals surface area contributed by atoms with Crippen LogP contribution < -0.4 is 5.32 Å². The minimum atomic E-state index is -0.564. The maximum absolute atomic E-state index is 13.2. The van der Waals surface area contributed by atoms with Crippen molar-refractivity contribution in [3.63, 3.8) is 0 Å². The van der Waals surface area contributed by atoms with Crippen LogP contribution in [0.25, 0.3) is 0 Å². The van der Waals surface area contributed by atoms with E-state index in [1.54, 1.807) is 24.3 Å². The Morgan fingerprint density at radius 1 is 0.947 bits per heavy atom. The average molecular weight is 272 g/mol. The minimum Gasteiger partial charge on any atom is -0.355 e. The van der Waals surface area contributed by atoms with Crippen LogP contribution in [-0.4, -0.2) is 0 Å². The second kappa shape index (κ2) is 5.39. The Hall–Kier alpha value is -2.56. The van der Waals surface area contributed by atoms with E-state index in [1.165, 1.54) is 18.2 Å².